The second-order valence-electron chi connectivity index (χ2n) is 2.63. The van der Waals surface area contributed by atoms with Crippen molar-refractivity contribution in [3.63, 3.8) is 0 Å². The number of hydrogen-bond acceptors (Lipinski definition) is 4. The van der Waals surface area contributed by atoms with E-state index >= 15 is 0 Å². The molecule has 0 saturated heterocycles. The molecule has 0 saturated carbocycles. The van der Waals surface area contributed by atoms with Gasteiger partial charge in [-0.3, -0.25) is 0 Å². The molecule has 0 fully saturated rings. The molecule has 4 nitrogen and oxygen atoms in total. The van der Waals surface area contributed by atoms with Gasteiger partial charge in [0.15, 0.2) is 0 Å². The standard InChI is InChI=1S/C6H15NO3/c1-5(7)6(2-8,3-9)4-10/h5,8-10H,2-4,7H2,1H3. The molecule has 62 valence electrons. The van der Waals surface area contributed by atoms with E-state index in [0.717, 1.165) is 0 Å². The first-order valence-electron chi connectivity index (χ1n) is 3.21. The molecule has 0 radical (unpaired) electrons. The largest absolute Gasteiger partial charge is 0.396 e. The quantitative estimate of drug-likeness (QED) is 0.383. The molecule has 1 unspecified atom stereocenters. The molecular weight excluding hydrogens is 134 g/mol. The summed E-state index contributed by atoms with van der Waals surface area (Å²) in [4.78, 5) is 0. The van der Waals surface area contributed by atoms with E-state index < -0.39 is 11.5 Å². The maximum Gasteiger partial charge on any atom is 0.0546 e. The zero-order valence-corrected chi connectivity index (χ0v) is 6.12. The van der Waals surface area contributed by atoms with Crippen molar-refractivity contribution in [2.45, 2.75) is 13.0 Å². The van der Waals surface area contributed by atoms with Crippen molar-refractivity contribution in [1.29, 1.82) is 0 Å². The van der Waals surface area contributed by atoms with E-state index in [0.29, 0.717) is 0 Å². The fourth-order valence-corrected chi connectivity index (χ4v) is 0.582. The van der Waals surface area contributed by atoms with Crippen LogP contribution in [0.15, 0.2) is 0 Å². The highest BCUT2D eigenvalue weighted by Gasteiger charge is 2.32. The molecule has 0 aromatic rings. The van der Waals surface area contributed by atoms with Gasteiger partial charge in [0, 0.05) is 6.04 Å². The molecule has 5 N–H and O–H groups in total. The minimum Gasteiger partial charge on any atom is -0.396 e. The van der Waals surface area contributed by atoms with E-state index in [2.05, 4.69) is 0 Å². The second-order valence-corrected chi connectivity index (χ2v) is 2.63. The number of nitrogens with two attached hydrogens (primary N) is 1. The fraction of sp³-hybridized carbons (Fsp3) is 1.00. The summed E-state index contributed by atoms with van der Waals surface area (Å²) in [6.07, 6.45) is 0. The Kier molecular flexibility index (Phi) is 3.81. The molecule has 4 heteroatoms. The molecule has 0 heterocycles. The van der Waals surface area contributed by atoms with Gasteiger partial charge < -0.3 is 21.1 Å². The lowest BCUT2D eigenvalue weighted by Gasteiger charge is -2.31. The number of hydrogen-bond donors (Lipinski definition) is 4. The van der Waals surface area contributed by atoms with Crippen LogP contribution in [0.5, 0.6) is 0 Å². The van der Waals surface area contributed by atoms with E-state index in [1.807, 2.05) is 0 Å². The fourth-order valence-electron chi connectivity index (χ4n) is 0.582. The molecule has 0 rings (SSSR count). The molecule has 0 spiro atoms. The summed E-state index contributed by atoms with van der Waals surface area (Å²) in [6.45, 7) is 0.760. The van der Waals surface area contributed by atoms with Gasteiger partial charge in [0.05, 0.1) is 25.2 Å². The van der Waals surface area contributed by atoms with Crippen LogP contribution in [0.25, 0.3) is 0 Å². The highest BCUT2D eigenvalue weighted by molar-refractivity contribution is 4.84. The lowest BCUT2D eigenvalue weighted by molar-refractivity contribution is -0.00896. The molecule has 0 aliphatic carbocycles. The van der Waals surface area contributed by atoms with Gasteiger partial charge >= 0.3 is 0 Å². The molecule has 10 heavy (non-hydrogen) atoms. The predicted molar refractivity (Wildman–Crippen MR) is 37.3 cm³/mol. The number of aliphatic hydroxyl groups excluding tert-OH is 3. The summed E-state index contributed by atoms with van der Waals surface area (Å²) >= 11 is 0. The van der Waals surface area contributed by atoms with Crippen molar-refractivity contribution in [3.05, 3.63) is 0 Å². The summed E-state index contributed by atoms with van der Waals surface area (Å²) in [5.41, 5.74) is 4.49. The summed E-state index contributed by atoms with van der Waals surface area (Å²) < 4.78 is 0. The van der Waals surface area contributed by atoms with Crippen molar-refractivity contribution in [2.24, 2.45) is 11.1 Å². The SMILES string of the molecule is CC(N)C(CO)(CO)CO. The Morgan fingerprint density at radius 2 is 1.50 bits per heavy atom. The Morgan fingerprint density at radius 3 is 1.50 bits per heavy atom. The van der Waals surface area contributed by atoms with Crippen molar-refractivity contribution < 1.29 is 15.3 Å². The van der Waals surface area contributed by atoms with Gasteiger partial charge in [-0.1, -0.05) is 0 Å². The topological polar surface area (TPSA) is 86.7 Å². The molecule has 0 bridgehead atoms. The van der Waals surface area contributed by atoms with Crippen LogP contribution in [-0.4, -0.2) is 41.2 Å². The average Bonchev–Trinajstić information content (AvgIpc) is 1.92. The zero-order chi connectivity index (χ0) is 8.20. The number of aliphatic hydroxyl groups is 3. The van der Waals surface area contributed by atoms with Gasteiger partial charge in [0.25, 0.3) is 0 Å². The van der Waals surface area contributed by atoms with E-state index in [9.17, 15) is 0 Å². The normalized spacial score (nSPS) is 15.3. The average molecular weight is 149 g/mol. The highest BCUT2D eigenvalue weighted by atomic mass is 16.3. The zero-order valence-electron chi connectivity index (χ0n) is 6.12. The van der Waals surface area contributed by atoms with Crippen LogP contribution in [0.3, 0.4) is 0 Å². The van der Waals surface area contributed by atoms with Gasteiger partial charge in [-0.15, -0.1) is 0 Å². The van der Waals surface area contributed by atoms with E-state index in [1.165, 1.54) is 0 Å². The van der Waals surface area contributed by atoms with Crippen LogP contribution in [-0.2, 0) is 0 Å². The Morgan fingerprint density at radius 1 is 1.20 bits per heavy atom. The second kappa shape index (κ2) is 3.88. The molecule has 1 atom stereocenters. The van der Waals surface area contributed by atoms with Crippen LogP contribution in [0.2, 0.25) is 0 Å². The first-order valence-corrected chi connectivity index (χ1v) is 3.21. The van der Waals surface area contributed by atoms with Crippen molar-refractivity contribution in [1.82, 2.24) is 0 Å². The maximum absolute atomic E-state index is 8.75. The summed E-state index contributed by atoms with van der Waals surface area (Å²) in [7, 11) is 0. The van der Waals surface area contributed by atoms with Crippen LogP contribution in [0.4, 0.5) is 0 Å². The minimum absolute atomic E-state index is 0.294. The monoisotopic (exact) mass is 149 g/mol. The molecule has 0 aliphatic heterocycles. The van der Waals surface area contributed by atoms with E-state index in [-0.39, 0.29) is 19.8 Å². The Bertz CT molecular complexity index is 82.7. The van der Waals surface area contributed by atoms with Crippen LogP contribution < -0.4 is 5.73 Å². The van der Waals surface area contributed by atoms with Crippen LogP contribution in [0.1, 0.15) is 6.92 Å². The van der Waals surface area contributed by atoms with E-state index in [4.69, 9.17) is 21.1 Å². The van der Waals surface area contributed by atoms with E-state index in [1.54, 1.807) is 6.92 Å². The van der Waals surface area contributed by atoms with Crippen molar-refractivity contribution in [2.75, 3.05) is 19.8 Å². The van der Waals surface area contributed by atoms with Gasteiger partial charge in [-0.25, -0.2) is 0 Å². The van der Waals surface area contributed by atoms with Gasteiger partial charge in [-0.05, 0) is 6.92 Å². The van der Waals surface area contributed by atoms with Crippen molar-refractivity contribution >= 4 is 0 Å². The first kappa shape index (κ1) is 9.84. The molecule has 0 amide bonds. The Labute approximate surface area is 60.3 Å². The first-order chi connectivity index (χ1) is 4.63. The lowest BCUT2D eigenvalue weighted by Crippen LogP contribution is -2.48. The number of rotatable bonds is 4. The summed E-state index contributed by atoms with van der Waals surface area (Å²) in [5.74, 6) is 0. The molecule has 0 aromatic carbocycles. The molecular formula is C6H15NO3. The van der Waals surface area contributed by atoms with Crippen LogP contribution in [0, 0.1) is 5.41 Å². The Balaban J connectivity index is 4.15. The molecule has 0 aliphatic rings. The highest BCUT2D eigenvalue weighted by Crippen LogP contribution is 2.17. The third-order valence-electron chi connectivity index (χ3n) is 1.91. The maximum atomic E-state index is 8.75. The lowest BCUT2D eigenvalue weighted by atomic mass is 9.84. The van der Waals surface area contributed by atoms with Crippen LogP contribution >= 0.6 is 0 Å². The summed E-state index contributed by atoms with van der Waals surface area (Å²) in [5, 5.41) is 26.2. The van der Waals surface area contributed by atoms with Crippen molar-refractivity contribution in [3.8, 4) is 0 Å². The third-order valence-corrected chi connectivity index (χ3v) is 1.91. The smallest absolute Gasteiger partial charge is 0.0546 e. The Hall–Kier alpha value is -0.160. The summed E-state index contributed by atoms with van der Waals surface area (Å²) in [6, 6.07) is -0.410. The van der Waals surface area contributed by atoms with Gasteiger partial charge in [-0.2, -0.15) is 0 Å². The van der Waals surface area contributed by atoms with Gasteiger partial charge in [0.1, 0.15) is 0 Å². The predicted octanol–water partition coefficient (Wildman–Crippen LogP) is -1.70. The third kappa shape index (κ3) is 1.67. The molecule has 0 aromatic heterocycles. The minimum atomic E-state index is -0.931. The van der Waals surface area contributed by atoms with Gasteiger partial charge in [0.2, 0.25) is 0 Å².